The average molecular weight is 466 g/mol. The number of nitrogens with zero attached hydrogens (tertiary/aromatic N) is 1. The Hall–Kier alpha value is -0.810. The number of aryl methyl sites for hydroxylation is 1. The Bertz CT molecular complexity index is 493. The first-order valence-electron chi connectivity index (χ1n) is 9.36. The third kappa shape index (κ3) is 14.2. The molecule has 0 radical (unpaired) electrons. The van der Waals surface area contributed by atoms with E-state index < -0.39 is 0 Å². The van der Waals surface area contributed by atoms with Crippen LogP contribution in [0.15, 0.2) is 16.7 Å². The van der Waals surface area contributed by atoms with Crippen molar-refractivity contribution in [2.75, 3.05) is 86.4 Å². The smallest absolute Gasteiger partial charge is 0.213 e. The maximum Gasteiger partial charge on any atom is 0.213 e. The summed E-state index contributed by atoms with van der Waals surface area (Å²) in [5, 5.41) is 0. The highest BCUT2D eigenvalue weighted by Gasteiger charge is 2.00. The zero-order chi connectivity index (χ0) is 20.3. The van der Waals surface area contributed by atoms with Crippen LogP contribution < -0.4 is 4.74 Å². The molecule has 0 fully saturated rings. The second-order valence-electron chi connectivity index (χ2n) is 5.67. The fourth-order valence-electron chi connectivity index (χ4n) is 1.92. The predicted molar refractivity (Wildman–Crippen MR) is 108 cm³/mol. The van der Waals surface area contributed by atoms with Crippen LogP contribution in [0.5, 0.6) is 5.88 Å². The minimum Gasteiger partial charge on any atom is -0.475 e. The zero-order valence-electron chi connectivity index (χ0n) is 16.8. The summed E-state index contributed by atoms with van der Waals surface area (Å²) in [5.74, 6) is 0.597. The maximum absolute atomic E-state index is 5.52. The topological polar surface area (TPSA) is 77.5 Å². The lowest BCUT2D eigenvalue weighted by molar-refractivity contribution is -0.0159. The highest BCUT2D eigenvalue weighted by molar-refractivity contribution is 9.10. The molecule has 0 aliphatic heterocycles. The van der Waals surface area contributed by atoms with E-state index in [0.29, 0.717) is 85.2 Å². The fourth-order valence-corrected chi connectivity index (χ4v) is 2.14. The van der Waals surface area contributed by atoms with Crippen molar-refractivity contribution in [1.82, 2.24) is 4.98 Å². The van der Waals surface area contributed by atoms with Crippen LogP contribution in [0.3, 0.4) is 0 Å². The molecule has 0 spiro atoms. The molecule has 162 valence electrons. The lowest BCUT2D eigenvalue weighted by Crippen LogP contribution is -2.14. The van der Waals surface area contributed by atoms with Gasteiger partial charge in [-0.05, 0) is 28.4 Å². The molecule has 0 saturated carbocycles. The molecular formula is C19H32BrNO7. The minimum atomic E-state index is 0.453. The largest absolute Gasteiger partial charge is 0.475 e. The molecule has 1 rings (SSSR count). The van der Waals surface area contributed by atoms with Gasteiger partial charge >= 0.3 is 0 Å². The van der Waals surface area contributed by atoms with E-state index in [4.69, 9.17) is 33.2 Å². The van der Waals surface area contributed by atoms with Crippen molar-refractivity contribution in [1.29, 1.82) is 0 Å². The van der Waals surface area contributed by atoms with E-state index in [1.54, 1.807) is 13.3 Å². The van der Waals surface area contributed by atoms with Crippen molar-refractivity contribution in [3.63, 3.8) is 0 Å². The molecule has 0 aromatic carbocycles. The van der Waals surface area contributed by atoms with E-state index in [1.807, 2.05) is 13.0 Å². The SMILES string of the molecule is COCCOCCOCCOCCOCCOCCOc1cc(C)c(Br)cn1. The number of aromatic nitrogens is 1. The van der Waals surface area contributed by atoms with Crippen molar-refractivity contribution in [2.45, 2.75) is 6.92 Å². The average Bonchev–Trinajstić information content (AvgIpc) is 2.69. The number of ether oxygens (including phenoxy) is 7. The molecule has 0 N–H and O–H groups in total. The summed E-state index contributed by atoms with van der Waals surface area (Å²) in [6.07, 6.45) is 1.73. The Morgan fingerprint density at radius 2 is 1.14 bits per heavy atom. The van der Waals surface area contributed by atoms with Crippen LogP contribution in [0.25, 0.3) is 0 Å². The summed E-state index contributed by atoms with van der Waals surface area (Å²) in [6, 6.07) is 1.88. The number of hydrogen-bond acceptors (Lipinski definition) is 8. The van der Waals surface area contributed by atoms with Gasteiger partial charge in [-0.15, -0.1) is 0 Å². The molecule has 1 aromatic heterocycles. The minimum absolute atomic E-state index is 0.453. The van der Waals surface area contributed by atoms with Gasteiger partial charge in [-0.3, -0.25) is 0 Å². The molecule has 0 bridgehead atoms. The van der Waals surface area contributed by atoms with Crippen molar-refractivity contribution in [3.05, 3.63) is 22.3 Å². The third-order valence-corrected chi connectivity index (χ3v) is 4.25. The van der Waals surface area contributed by atoms with Crippen LogP contribution in [-0.4, -0.2) is 91.4 Å². The highest BCUT2D eigenvalue weighted by Crippen LogP contribution is 2.18. The van der Waals surface area contributed by atoms with Crippen LogP contribution in [-0.2, 0) is 28.4 Å². The summed E-state index contributed by atoms with van der Waals surface area (Å²) in [5.41, 5.74) is 1.08. The first kappa shape index (κ1) is 25.2. The van der Waals surface area contributed by atoms with Crippen LogP contribution in [0.4, 0.5) is 0 Å². The molecule has 0 atom stereocenters. The highest BCUT2D eigenvalue weighted by atomic mass is 79.9. The maximum atomic E-state index is 5.52. The molecule has 1 heterocycles. The fraction of sp³-hybridized carbons (Fsp3) is 0.737. The summed E-state index contributed by atoms with van der Waals surface area (Å²) >= 11 is 3.41. The van der Waals surface area contributed by atoms with Gasteiger partial charge in [0.1, 0.15) is 6.61 Å². The van der Waals surface area contributed by atoms with Crippen LogP contribution in [0, 0.1) is 6.92 Å². The molecule has 9 heteroatoms. The van der Waals surface area contributed by atoms with Crippen molar-refractivity contribution >= 4 is 15.9 Å². The zero-order valence-corrected chi connectivity index (χ0v) is 18.4. The molecular weight excluding hydrogens is 434 g/mol. The van der Waals surface area contributed by atoms with Crippen molar-refractivity contribution in [3.8, 4) is 5.88 Å². The second kappa shape index (κ2) is 18.2. The molecule has 0 aliphatic rings. The third-order valence-electron chi connectivity index (χ3n) is 3.42. The van der Waals surface area contributed by atoms with Crippen molar-refractivity contribution in [2.24, 2.45) is 0 Å². The second-order valence-corrected chi connectivity index (χ2v) is 6.53. The van der Waals surface area contributed by atoms with Crippen molar-refractivity contribution < 1.29 is 33.2 Å². The summed E-state index contributed by atoms with van der Waals surface area (Å²) < 4.78 is 38.3. The number of methoxy groups -OCH3 is 1. The molecule has 1 aromatic rings. The van der Waals surface area contributed by atoms with Gasteiger partial charge < -0.3 is 33.2 Å². The normalized spacial score (nSPS) is 11.1. The van der Waals surface area contributed by atoms with Gasteiger partial charge in [0.05, 0.1) is 72.7 Å². The van der Waals surface area contributed by atoms with E-state index in [1.165, 1.54) is 0 Å². The Morgan fingerprint density at radius 3 is 1.57 bits per heavy atom. The van der Waals surface area contributed by atoms with Gasteiger partial charge in [0.15, 0.2) is 0 Å². The Kier molecular flexibility index (Phi) is 16.4. The van der Waals surface area contributed by atoms with Gasteiger partial charge in [-0.2, -0.15) is 0 Å². The van der Waals surface area contributed by atoms with E-state index in [9.17, 15) is 0 Å². The van der Waals surface area contributed by atoms with E-state index in [0.717, 1.165) is 10.0 Å². The van der Waals surface area contributed by atoms with E-state index >= 15 is 0 Å². The summed E-state index contributed by atoms with van der Waals surface area (Å²) in [7, 11) is 1.65. The monoisotopic (exact) mass is 465 g/mol. The van der Waals surface area contributed by atoms with Gasteiger partial charge in [0.25, 0.3) is 0 Å². The molecule has 28 heavy (non-hydrogen) atoms. The first-order chi connectivity index (χ1) is 13.7. The molecule has 0 amide bonds. The standard InChI is InChI=1S/C19H32BrNO7/c1-17-15-19(21-16-18(17)20)28-14-13-27-12-11-26-10-9-25-8-7-24-6-5-23-4-3-22-2/h15-16H,3-14H2,1-2H3. The quantitative estimate of drug-likeness (QED) is 0.288. The number of halogens is 1. The summed E-state index contributed by atoms with van der Waals surface area (Å²) in [4.78, 5) is 4.17. The molecule has 0 unspecified atom stereocenters. The molecule has 0 saturated heterocycles. The lowest BCUT2D eigenvalue weighted by atomic mass is 10.3. The molecule has 0 aliphatic carbocycles. The Labute approximate surface area is 175 Å². The van der Waals surface area contributed by atoms with Gasteiger partial charge in [-0.1, -0.05) is 0 Å². The number of rotatable bonds is 19. The number of hydrogen-bond donors (Lipinski definition) is 0. The van der Waals surface area contributed by atoms with Crippen LogP contribution in [0.2, 0.25) is 0 Å². The Morgan fingerprint density at radius 1 is 0.714 bits per heavy atom. The van der Waals surface area contributed by atoms with E-state index in [2.05, 4.69) is 20.9 Å². The van der Waals surface area contributed by atoms with Crippen LogP contribution in [0.1, 0.15) is 5.56 Å². The molecule has 8 nitrogen and oxygen atoms in total. The van der Waals surface area contributed by atoms with Crippen LogP contribution >= 0.6 is 15.9 Å². The number of pyridine rings is 1. The van der Waals surface area contributed by atoms with Gasteiger partial charge in [0.2, 0.25) is 5.88 Å². The Balaban J connectivity index is 1.75. The predicted octanol–water partition coefficient (Wildman–Crippen LogP) is 2.26. The first-order valence-corrected chi connectivity index (χ1v) is 10.2. The van der Waals surface area contributed by atoms with Gasteiger partial charge in [0, 0.05) is 23.8 Å². The summed E-state index contributed by atoms with van der Waals surface area (Å²) in [6.45, 7) is 8.44. The van der Waals surface area contributed by atoms with Gasteiger partial charge in [-0.25, -0.2) is 4.98 Å². The lowest BCUT2D eigenvalue weighted by Gasteiger charge is -2.09. The van der Waals surface area contributed by atoms with E-state index in [-0.39, 0.29) is 0 Å².